The van der Waals surface area contributed by atoms with E-state index >= 15 is 0 Å². The lowest BCUT2D eigenvalue weighted by Gasteiger charge is -2.20. The first kappa shape index (κ1) is 12.1. The maximum absolute atomic E-state index is 6.01. The normalized spacial score (nSPS) is 12.6. The van der Waals surface area contributed by atoms with Crippen LogP contribution < -0.4 is 10.6 Å². The van der Waals surface area contributed by atoms with Crippen molar-refractivity contribution in [3.05, 3.63) is 29.3 Å². The minimum atomic E-state index is 0.269. The minimum absolute atomic E-state index is 0.269. The molecule has 0 saturated carbocycles. The van der Waals surface area contributed by atoms with Crippen LogP contribution in [0.5, 0.6) is 0 Å². The smallest absolute Gasteiger partial charge is 0.0394 e. The minimum Gasteiger partial charge on any atom is -0.377 e. The van der Waals surface area contributed by atoms with Gasteiger partial charge in [-0.05, 0) is 31.4 Å². The van der Waals surface area contributed by atoms with Crippen molar-refractivity contribution in [2.24, 2.45) is 5.73 Å². The highest BCUT2D eigenvalue weighted by Crippen LogP contribution is 2.21. The Hall–Kier alpha value is -1.02. The maximum atomic E-state index is 6.01. The monoisotopic (exact) mass is 206 g/mol. The van der Waals surface area contributed by atoms with Gasteiger partial charge in [0.05, 0.1) is 0 Å². The molecule has 0 aliphatic carbocycles. The molecule has 15 heavy (non-hydrogen) atoms. The molecule has 0 aliphatic rings. The maximum Gasteiger partial charge on any atom is 0.0394 e. The number of hydrogen-bond donors (Lipinski definition) is 1. The topological polar surface area (TPSA) is 29.3 Å². The number of benzene rings is 1. The summed E-state index contributed by atoms with van der Waals surface area (Å²) in [6.45, 7) is 4.26. The third kappa shape index (κ3) is 3.24. The van der Waals surface area contributed by atoms with Gasteiger partial charge >= 0.3 is 0 Å². The molecular formula is C13H22N2. The van der Waals surface area contributed by atoms with E-state index in [0.717, 1.165) is 12.8 Å². The number of nitrogens with two attached hydrogens (primary N) is 1. The second-order valence-electron chi connectivity index (χ2n) is 4.40. The van der Waals surface area contributed by atoms with Gasteiger partial charge in [-0.3, -0.25) is 0 Å². The molecule has 2 nitrogen and oxygen atoms in total. The van der Waals surface area contributed by atoms with Gasteiger partial charge in [0.25, 0.3) is 0 Å². The Bertz CT molecular complexity index is 318. The number of hydrogen-bond acceptors (Lipinski definition) is 2. The van der Waals surface area contributed by atoms with Gasteiger partial charge in [-0.2, -0.15) is 0 Å². The van der Waals surface area contributed by atoms with Gasteiger partial charge in [0.15, 0.2) is 0 Å². The molecule has 84 valence electrons. The Morgan fingerprint density at radius 1 is 1.33 bits per heavy atom. The van der Waals surface area contributed by atoms with Crippen molar-refractivity contribution >= 4 is 5.69 Å². The average molecular weight is 206 g/mol. The van der Waals surface area contributed by atoms with Gasteiger partial charge < -0.3 is 10.6 Å². The number of nitrogens with zero attached hydrogens (tertiary/aromatic N) is 1. The zero-order valence-electron chi connectivity index (χ0n) is 10.2. The zero-order chi connectivity index (χ0) is 11.4. The number of aryl methyl sites for hydroxylation is 1. The molecule has 0 aliphatic heterocycles. The fourth-order valence-corrected chi connectivity index (χ4v) is 1.74. The van der Waals surface area contributed by atoms with Crippen LogP contribution >= 0.6 is 0 Å². The summed E-state index contributed by atoms with van der Waals surface area (Å²) in [7, 11) is 4.15. The quantitative estimate of drug-likeness (QED) is 0.819. The van der Waals surface area contributed by atoms with E-state index in [-0.39, 0.29) is 6.04 Å². The molecule has 0 heterocycles. The van der Waals surface area contributed by atoms with Gasteiger partial charge in [-0.15, -0.1) is 0 Å². The summed E-state index contributed by atoms with van der Waals surface area (Å²) >= 11 is 0. The summed E-state index contributed by atoms with van der Waals surface area (Å²) in [6, 6.07) is 6.83. The van der Waals surface area contributed by atoms with E-state index in [2.05, 4.69) is 51.0 Å². The molecule has 1 aromatic rings. The average Bonchev–Trinajstić information content (AvgIpc) is 2.17. The molecule has 1 aromatic carbocycles. The molecule has 1 atom stereocenters. The summed E-state index contributed by atoms with van der Waals surface area (Å²) in [5.41, 5.74) is 9.95. The van der Waals surface area contributed by atoms with E-state index in [4.69, 9.17) is 5.73 Å². The van der Waals surface area contributed by atoms with E-state index in [1.165, 1.54) is 16.8 Å². The summed E-state index contributed by atoms with van der Waals surface area (Å²) in [4.78, 5) is 2.15. The van der Waals surface area contributed by atoms with Crippen molar-refractivity contribution in [3.8, 4) is 0 Å². The lowest BCUT2D eigenvalue weighted by Crippen LogP contribution is -2.23. The molecule has 2 heteroatoms. The molecule has 0 bridgehead atoms. The second kappa shape index (κ2) is 5.17. The molecule has 0 radical (unpaired) electrons. The van der Waals surface area contributed by atoms with Crippen molar-refractivity contribution in [1.82, 2.24) is 0 Å². The van der Waals surface area contributed by atoms with Crippen LogP contribution in [0.2, 0.25) is 0 Å². The third-order valence-corrected chi connectivity index (χ3v) is 2.72. The Balaban J connectivity index is 2.96. The molecule has 0 fully saturated rings. The largest absolute Gasteiger partial charge is 0.377 e. The predicted octanol–water partition coefficient (Wildman–Crippen LogP) is 2.34. The number of rotatable bonds is 4. The third-order valence-electron chi connectivity index (χ3n) is 2.72. The van der Waals surface area contributed by atoms with Crippen LogP contribution in [0.25, 0.3) is 0 Å². The van der Waals surface area contributed by atoms with Crippen molar-refractivity contribution in [2.45, 2.75) is 32.7 Å². The van der Waals surface area contributed by atoms with E-state index < -0.39 is 0 Å². The van der Waals surface area contributed by atoms with E-state index in [1.807, 2.05) is 0 Å². The van der Waals surface area contributed by atoms with Gasteiger partial charge in [0.1, 0.15) is 0 Å². The standard InChI is InChI=1S/C13H22N2/c1-5-12(14)9-11-8-10(2)6-7-13(11)15(3)4/h6-8,12H,5,9,14H2,1-4H3. The van der Waals surface area contributed by atoms with Crippen molar-refractivity contribution in [2.75, 3.05) is 19.0 Å². The van der Waals surface area contributed by atoms with Crippen LogP contribution in [-0.2, 0) is 6.42 Å². The van der Waals surface area contributed by atoms with Gasteiger partial charge in [0.2, 0.25) is 0 Å². The van der Waals surface area contributed by atoms with Gasteiger partial charge in [0, 0.05) is 25.8 Å². The number of anilines is 1. The first-order chi connectivity index (χ1) is 7.04. The summed E-state index contributed by atoms with van der Waals surface area (Å²) in [5, 5.41) is 0. The molecule has 1 rings (SSSR count). The molecule has 0 amide bonds. The summed E-state index contributed by atoms with van der Waals surface area (Å²) < 4.78 is 0. The molecule has 0 spiro atoms. The fourth-order valence-electron chi connectivity index (χ4n) is 1.74. The first-order valence-electron chi connectivity index (χ1n) is 5.57. The molecular weight excluding hydrogens is 184 g/mol. The van der Waals surface area contributed by atoms with E-state index in [9.17, 15) is 0 Å². The lowest BCUT2D eigenvalue weighted by molar-refractivity contribution is 0.646. The van der Waals surface area contributed by atoms with Crippen LogP contribution in [0.15, 0.2) is 18.2 Å². The summed E-state index contributed by atoms with van der Waals surface area (Å²) in [6.07, 6.45) is 1.99. The zero-order valence-corrected chi connectivity index (χ0v) is 10.2. The van der Waals surface area contributed by atoms with Crippen LogP contribution in [0.1, 0.15) is 24.5 Å². The van der Waals surface area contributed by atoms with Crippen LogP contribution in [0, 0.1) is 6.92 Å². The van der Waals surface area contributed by atoms with Crippen molar-refractivity contribution in [1.29, 1.82) is 0 Å². The van der Waals surface area contributed by atoms with Gasteiger partial charge in [-0.1, -0.05) is 24.6 Å². The lowest BCUT2D eigenvalue weighted by atomic mass is 10.0. The highest BCUT2D eigenvalue weighted by atomic mass is 15.1. The highest BCUT2D eigenvalue weighted by Gasteiger charge is 2.08. The Labute approximate surface area is 93.1 Å². The summed E-state index contributed by atoms with van der Waals surface area (Å²) in [5.74, 6) is 0. The first-order valence-corrected chi connectivity index (χ1v) is 5.57. The van der Waals surface area contributed by atoms with Crippen LogP contribution in [-0.4, -0.2) is 20.1 Å². The van der Waals surface area contributed by atoms with Gasteiger partial charge in [-0.25, -0.2) is 0 Å². The van der Waals surface area contributed by atoms with Crippen LogP contribution in [0.3, 0.4) is 0 Å². The van der Waals surface area contributed by atoms with Crippen molar-refractivity contribution in [3.63, 3.8) is 0 Å². The Kier molecular flexibility index (Phi) is 4.15. The molecule has 2 N–H and O–H groups in total. The predicted molar refractivity (Wildman–Crippen MR) is 67.5 cm³/mol. The van der Waals surface area contributed by atoms with E-state index in [1.54, 1.807) is 0 Å². The fraction of sp³-hybridized carbons (Fsp3) is 0.538. The molecule has 1 unspecified atom stereocenters. The van der Waals surface area contributed by atoms with Crippen LogP contribution in [0.4, 0.5) is 5.69 Å². The Morgan fingerprint density at radius 3 is 2.53 bits per heavy atom. The second-order valence-corrected chi connectivity index (χ2v) is 4.40. The SMILES string of the molecule is CCC(N)Cc1cc(C)ccc1N(C)C. The van der Waals surface area contributed by atoms with E-state index in [0.29, 0.717) is 0 Å². The Morgan fingerprint density at radius 2 is 2.00 bits per heavy atom. The molecule has 0 aromatic heterocycles. The highest BCUT2D eigenvalue weighted by molar-refractivity contribution is 5.54. The van der Waals surface area contributed by atoms with Crippen molar-refractivity contribution < 1.29 is 0 Å². The molecule has 0 saturated heterocycles.